The Balaban J connectivity index is 2.51. The highest BCUT2D eigenvalue weighted by molar-refractivity contribution is 5.92. The fourth-order valence-corrected chi connectivity index (χ4v) is 1.47. The van der Waals surface area contributed by atoms with Gasteiger partial charge in [-0.25, -0.2) is 4.98 Å². The molecule has 96 valence electrons. The van der Waals surface area contributed by atoms with Crippen LogP contribution in [0.1, 0.15) is 36.5 Å². The van der Waals surface area contributed by atoms with E-state index in [1.807, 2.05) is 0 Å². The second kappa shape index (κ2) is 5.82. The molecule has 5 nitrogen and oxygen atoms in total. The van der Waals surface area contributed by atoms with Crippen LogP contribution in [0.25, 0.3) is 0 Å². The standard InChI is InChI=1S/C12H21N3O2/c1-8(2)10(13)5-6-15(4)12(16)11-9(3)17-7-14-11/h7-8,10H,5-6,13H2,1-4H3. The molecule has 0 saturated heterocycles. The number of hydrogen-bond acceptors (Lipinski definition) is 4. The predicted molar refractivity (Wildman–Crippen MR) is 65.6 cm³/mol. The molecule has 0 radical (unpaired) electrons. The monoisotopic (exact) mass is 239 g/mol. The van der Waals surface area contributed by atoms with Crippen LogP contribution in [-0.2, 0) is 0 Å². The van der Waals surface area contributed by atoms with Crippen LogP contribution in [0.5, 0.6) is 0 Å². The van der Waals surface area contributed by atoms with E-state index in [1.54, 1.807) is 18.9 Å². The second-order valence-electron chi connectivity index (χ2n) is 4.68. The molecule has 0 saturated carbocycles. The van der Waals surface area contributed by atoms with Crippen LogP contribution < -0.4 is 5.73 Å². The normalized spacial score (nSPS) is 12.8. The van der Waals surface area contributed by atoms with Gasteiger partial charge in [-0.3, -0.25) is 4.79 Å². The number of carbonyl (C=O) groups excluding carboxylic acids is 1. The zero-order valence-corrected chi connectivity index (χ0v) is 10.9. The highest BCUT2D eigenvalue weighted by Crippen LogP contribution is 2.09. The van der Waals surface area contributed by atoms with Crippen LogP contribution in [-0.4, -0.2) is 35.4 Å². The minimum atomic E-state index is -0.118. The number of rotatable bonds is 5. The summed E-state index contributed by atoms with van der Waals surface area (Å²) in [6, 6.07) is 0.114. The zero-order chi connectivity index (χ0) is 13.0. The van der Waals surface area contributed by atoms with Gasteiger partial charge in [0.1, 0.15) is 5.76 Å². The Hall–Kier alpha value is -1.36. The molecule has 0 bridgehead atoms. The molecular formula is C12H21N3O2. The van der Waals surface area contributed by atoms with E-state index in [2.05, 4.69) is 18.8 Å². The molecule has 0 aliphatic rings. The van der Waals surface area contributed by atoms with Gasteiger partial charge in [-0.05, 0) is 19.3 Å². The van der Waals surface area contributed by atoms with E-state index >= 15 is 0 Å². The smallest absolute Gasteiger partial charge is 0.275 e. The maximum atomic E-state index is 12.0. The molecule has 1 aromatic rings. The van der Waals surface area contributed by atoms with Crippen LogP contribution in [0.2, 0.25) is 0 Å². The van der Waals surface area contributed by atoms with Crippen molar-refractivity contribution in [3.8, 4) is 0 Å². The summed E-state index contributed by atoms with van der Waals surface area (Å²) in [4.78, 5) is 17.5. The fourth-order valence-electron chi connectivity index (χ4n) is 1.47. The molecule has 2 N–H and O–H groups in total. The molecule has 5 heteroatoms. The van der Waals surface area contributed by atoms with Gasteiger partial charge >= 0.3 is 0 Å². The summed E-state index contributed by atoms with van der Waals surface area (Å²) < 4.78 is 5.02. The van der Waals surface area contributed by atoms with Gasteiger partial charge in [0.05, 0.1) is 0 Å². The zero-order valence-electron chi connectivity index (χ0n) is 10.9. The molecule has 1 aromatic heterocycles. The van der Waals surface area contributed by atoms with Gasteiger partial charge in [0.15, 0.2) is 12.1 Å². The van der Waals surface area contributed by atoms with E-state index in [4.69, 9.17) is 10.2 Å². The first kappa shape index (κ1) is 13.7. The van der Waals surface area contributed by atoms with Crippen LogP contribution >= 0.6 is 0 Å². The van der Waals surface area contributed by atoms with Crippen molar-refractivity contribution in [2.75, 3.05) is 13.6 Å². The Kier molecular flexibility index (Phi) is 4.69. The minimum Gasteiger partial charge on any atom is -0.448 e. The predicted octanol–water partition coefficient (Wildman–Crippen LogP) is 1.43. The van der Waals surface area contributed by atoms with Crippen molar-refractivity contribution in [1.82, 2.24) is 9.88 Å². The molecule has 0 aliphatic carbocycles. The third-order valence-corrected chi connectivity index (χ3v) is 2.95. The van der Waals surface area contributed by atoms with E-state index in [0.717, 1.165) is 6.42 Å². The lowest BCUT2D eigenvalue weighted by Crippen LogP contribution is -2.35. The van der Waals surface area contributed by atoms with E-state index in [0.29, 0.717) is 23.9 Å². The van der Waals surface area contributed by atoms with Crippen molar-refractivity contribution in [2.24, 2.45) is 11.7 Å². The van der Waals surface area contributed by atoms with Crippen molar-refractivity contribution >= 4 is 5.91 Å². The summed E-state index contributed by atoms with van der Waals surface area (Å²) in [7, 11) is 1.75. The number of carbonyl (C=O) groups is 1. The van der Waals surface area contributed by atoms with Gasteiger partial charge in [-0.1, -0.05) is 13.8 Å². The summed E-state index contributed by atoms with van der Waals surface area (Å²) in [5.41, 5.74) is 6.32. The molecule has 17 heavy (non-hydrogen) atoms. The highest BCUT2D eigenvalue weighted by atomic mass is 16.3. The van der Waals surface area contributed by atoms with E-state index < -0.39 is 0 Å². The SMILES string of the molecule is Cc1ocnc1C(=O)N(C)CCC(N)C(C)C. The number of aromatic nitrogens is 1. The maximum absolute atomic E-state index is 12.0. The van der Waals surface area contributed by atoms with Crippen LogP contribution in [0, 0.1) is 12.8 Å². The van der Waals surface area contributed by atoms with Crippen LogP contribution in [0.15, 0.2) is 10.8 Å². The molecule has 0 aromatic carbocycles. The van der Waals surface area contributed by atoms with Gasteiger partial charge in [-0.15, -0.1) is 0 Å². The molecule has 0 fully saturated rings. The molecule has 1 rings (SSSR count). The highest BCUT2D eigenvalue weighted by Gasteiger charge is 2.18. The Morgan fingerprint density at radius 1 is 1.59 bits per heavy atom. The Labute approximate surface area is 102 Å². The van der Waals surface area contributed by atoms with Crippen LogP contribution in [0.3, 0.4) is 0 Å². The summed E-state index contributed by atoms with van der Waals surface area (Å²) in [5, 5.41) is 0. The quantitative estimate of drug-likeness (QED) is 0.843. The van der Waals surface area contributed by atoms with Gasteiger partial charge in [0.2, 0.25) is 0 Å². The second-order valence-corrected chi connectivity index (χ2v) is 4.68. The lowest BCUT2D eigenvalue weighted by atomic mass is 10.0. The van der Waals surface area contributed by atoms with Crippen molar-refractivity contribution in [2.45, 2.75) is 33.2 Å². The molecule has 0 aliphatic heterocycles. The van der Waals surface area contributed by atoms with E-state index in [-0.39, 0.29) is 11.9 Å². The molecule has 0 spiro atoms. The van der Waals surface area contributed by atoms with Crippen molar-refractivity contribution in [3.63, 3.8) is 0 Å². The van der Waals surface area contributed by atoms with Gasteiger partial charge in [0.25, 0.3) is 5.91 Å². The summed E-state index contributed by atoms with van der Waals surface area (Å²) >= 11 is 0. The third-order valence-electron chi connectivity index (χ3n) is 2.95. The Morgan fingerprint density at radius 2 is 2.24 bits per heavy atom. The maximum Gasteiger partial charge on any atom is 0.275 e. The van der Waals surface area contributed by atoms with Gasteiger partial charge in [0, 0.05) is 19.6 Å². The molecular weight excluding hydrogens is 218 g/mol. The first-order valence-corrected chi connectivity index (χ1v) is 5.84. The lowest BCUT2D eigenvalue weighted by molar-refractivity contribution is 0.0782. The molecule has 1 heterocycles. The summed E-state index contributed by atoms with van der Waals surface area (Å²) in [5.74, 6) is 0.856. The van der Waals surface area contributed by atoms with E-state index in [9.17, 15) is 4.79 Å². The number of aryl methyl sites for hydroxylation is 1. The first-order chi connectivity index (χ1) is 7.93. The van der Waals surface area contributed by atoms with E-state index in [1.165, 1.54) is 6.39 Å². The average molecular weight is 239 g/mol. The van der Waals surface area contributed by atoms with Crippen molar-refractivity contribution in [1.29, 1.82) is 0 Å². The summed E-state index contributed by atoms with van der Waals surface area (Å²) in [6.07, 6.45) is 2.08. The van der Waals surface area contributed by atoms with Crippen molar-refractivity contribution < 1.29 is 9.21 Å². The Morgan fingerprint density at radius 3 is 2.71 bits per heavy atom. The number of nitrogens with two attached hydrogens (primary N) is 1. The molecule has 1 amide bonds. The van der Waals surface area contributed by atoms with Gasteiger partial charge < -0.3 is 15.1 Å². The number of amides is 1. The molecule has 1 unspecified atom stereocenters. The molecule has 1 atom stereocenters. The minimum absolute atomic E-state index is 0.114. The first-order valence-electron chi connectivity index (χ1n) is 5.84. The van der Waals surface area contributed by atoms with Gasteiger partial charge in [-0.2, -0.15) is 0 Å². The lowest BCUT2D eigenvalue weighted by Gasteiger charge is -2.20. The number of nitrogens with zero attached hydrogens (tertiary/aromatic N) is 2. The summed E-state index contributed by atoms with van der Waals surface area (Å²) in [6.45, 7) is 6.51. The Bertz CT molecular complexity index is 374. The largest absolute Gasteiger partial charge is 0.448 e. The topological polar surface area (TPSA) is 72.4 Å². The fraction of sp³-hybridized carbons (Fsp3) is 0.667. The average Bonchev–Trinajstić information content (AvgIpc) is 2.70. The number of hydrogen-bond donors (Lipinski definition) is 1. The van der Waals surface area contributed by atoms with Crippen molar-refractivity contribution in [3.05, 3.63) is 17.8 Å². The number of oxazole rings is 1. The third kappa shape index (κ3) is 3.56. The van der Waals surface area contributed by atoms with Crippen LogP contribution in [0.4, 0.5) is 0 Å².